The number of unbranched alkanes of at least 4 members (excludes halogenated alkanes) is 50. The van der Waals surface area contributed by atoms with Crippen LogP contribution in [-0.2, 0) is 14.3 Å². The number of amides is 1. The van der Waals surface area contributed by atoms with E-state index in [1.807, 2.05) is 6.08 Å². The molecule has 0 aromatic heterocycles. The zero-order chi connectivity index (χ0) is 57.2. The number of hydrogen-bond donors (Lipinski definition) is 6. The molecule has 1 aliphatic rings. The van der Waals surface area contributed by atoms with Crippen molar-refractivity contribution in [3.63, 3.8) is 0 Å². The lowest BCUT2D eigenvalue weighted by atomic mass is 9.99. The van der Waals surface area contributed by atoms with Crippen LogP contribution in [0.3, 0.4) is 0 Å². The van der Waals surface area contributed by atoms with Crippen LogP contribution in [0.15, 0.2) is 24.3 Å². The largest absolute Gasteiger partial charge is 0.394 e. The number of nitrogens with one attached hydrogen (secondary N) is 1. The van der Waals surface area contributed by atoms with Crippen LogP contribution in [0.2, 0.25) is 0 Å². The first-order chi connectivity index (χ1) is 38.8. The topological polar surface area (TPSA) is 149 Å². The van der Waals surface area contributed by atoms with Crippen molar-refractivity contribution in [2.24, 2.45) is 0 Å². The molecule has 0 saturated carbocycles. The Kier molecular flexibility index (Phi) is 57.3. The molecule has 0 bridgehead atoms. The van der Waals surface area contributed by atoms with Crippen molar-refractivity contribution in [2.75, 3.05) is 13.2 Å². The number of rotatable bonds is 62. The third-order valence-electron chi connectivity index (χ3n) is 17.0. The van der Waals surface area contributed by atoms with Gasteiger partial charge >= 0.3 is 0 Å². The fraction of sp³-hybridized carbons (Fsp3) is 0.929. The standard InChI is InChI=1S/C70H135NO8/c1-3-5-7-9-11-13-15-17-19-21-23-25-27-29-31-32-33-34-36-38-40-42-44-46-48-50-52-54-56-58-60-66(74)71-63(62-78-70-69(77)68(76)67(75)65(61-72)79-70)64(73)59-57-55-53-51-49-47-45-43-41-39-37-35-30-28-26-24-22-20-18-16-14-12-10-8-6-4-2/h49,51,57,59,63-65,67-70,72-73,75-77H,3-48,50,52-56,58,60-62H2,1-2H3,(H,71,74)/b51-49+,59-57+. The van der Waals surface area contributed by atoms with Crippen LogP contribution in [0.4, 0.5) is 0 Å². The van der Waals surface area contributed by atoms with Gasteiger partial charge < -0.3 is 40.3 Å². The molecule has 9 nitrogen and oxygen atoms in total. The molecule has 1 heterocycles. The van der Waals surface area contributed by atoms with Crippen LogP contribution in [0.1, 0.15) is 361 Å². The fourth-order valence-corrected chi connectivity index (χ4v) is 11.5. The lowest BCUT2D eigenvalue weighted by Gasteiger charge is -2.40. The van der Waals surface area contributed by atoms with Gasteiger partial charge in [0.25, 0.3) is 0 Å². The predicted molar refractivity (Wildman–Crippen MR) is 337 cm³/mol. The maximum atomic E-state index is 13.1. The van der Waals surface area contributed by atoms with Crippen LogP contribution >= 0.6 is 0 Å². The minimum absolute atomic E-state index is 0.178. The van der Waals surface area contributed by atoms with Gasteiger partial charge in [0, 0.05) is 6.42 Å². The van der Waals surface area contributed by atoms with E-state index in [9.17, 15) is 30.3 Å². The van der Waals surface area contributed by atoms with E-state index < -0.39 is 49.5 Å². The van der Waals surface area contributed by atoms with Crippen molar-refractivity contribution in [3.8, 4) is 0 Å². The van der Waals surface area contributed by atoms with Crippen LogP contribution < -0.4 is 5.32 Å². The van der Waals surface area contributed by atoms with Crippen molar-refractivity contribution in [1.82, 2.24) is 5.32 Å². The molecular formula is C70H135NO8. The Morgan fingerprint density at radius 3 is 1.06 bits per heavy atom. The normalized spacial score (nSPS) is 18.6. The Bertz CT molecular complexity index is 1300. The number of carbonyl (C=O) groups excluding carboxylic acids is 1. The summed E-state index contributed by atoms with van der Waals surface area (Å²) >= 11 is 0. The summed E-state index contributed by atoms with van der Waals surface area (Å²) in [5.74, 6) is -0.178. The van der Waals surface area contributed by atoms with E-state index in [2.05, 4.69) is 31.3 Å². The van der Waals surface area contributed by atoms with Crippen LogP contribution in [0.25, 0.3) is 0 Å². The highest BCUT2D eigenvalue weighted by Gasteiger charge is 2.44. The molecule has 1 rings (SSSR count). The molecule has 1 fully saturated rings. The van der Waals surface area contributed by atoms with Gasteiger partial charge in [0.05, 0.1) is 25.4 Å². The lowest BCUT2D eigenvalue weighted by molar-refractivity contribution is -0.302. The Morgan fingerprint density at radius 1 is 0.418 bits per heavy atom. The van der Waals surface area contributed by atoms with E-state index in [-0.39, 0.29) is 12.5 Å². The molecule has 0 radical (unpaired) electrons. The highest BCUT2D eigenvalue weighted by Crippen LogP contribution is 2.23. The first-order valence-corrected chi connectivity index (χ1v) is 35.1. The number of carbonyl (C=O) groups is 1. The third kappa shape index (κ3) is 48.7. The van der Waals surface area contributed by atoms with Crippen molar-refractivity contribution in [1.29, 1.82) is 0 Å². The van der Waals surface area contributed by atoms with Crippen molar-refractivity contribution in [3.05, 3.63) is 24.3 Å². The molecule has 7 unspecified atom stereocenters. The minimum Gasteiger partial charge on any atom is -0.394 e. The highest BCUT2D eigenvalue weighted by atomic mass is 16.7. The van der Waals surface area contributed by atoms with E-state index in [0.717, 1.165) is 38.5 Å². The van der Waals surface area contributed by atoms with E-state index in [0.29, 0.717) is 6.42 Å². The highest BCUT2D eigenvalue weighted by molar-refractivity contribution is 5.76. The molecule has 1 saturated heterocycles. The molecule has 7 atom stereocenters. The summed E-state index contributed by atoms with van der Waals surface area (Å²) < 4.78 is 11.3. The van der Waals surface area contributed by atoms with Crippen molar-refractivity contribution in [2.45, 2.75) is 403 Å². The van der Waals surface area contributed by atoms with Crippen molar-refractivity contribution < 1.29 is 39.8 Å². The van der Waals surface area contributed by atoms with Gasteiger partial charge in [-0.15, -0.1) is 0 Å². The number of allylic oxidation sites excluding steroid dienone is 3. The average Bonchev–Trinajstić information content (AvgIpc) is 3.47. The summed E-state index contributed by atoms with van der Waals surface area (Å²) in [6.07, 6.45) is 71.5. The monoisotopic (exact) mass is 1120 g/mol. The zero-order valence-electron chi connectivity index (χ0n) is 52.4. The molecule has 468 valence electrons. The van der Waals surface area contributed by atoms with E-state index in [1.54, 1.807) is 6.08 Å². The van der Waals surface area contributed by atoms with Crippen LogP contribution in [0.5, 0.6) is 0 Å². The van der Waals surface area contributed by atoms with E-state index in [4.69, 9.17) is 9.47 Å². The van der Waals surface area contributed by atoms with Gasteiger partial charge in [0.15, 0.2) is 6.29 Å². The molecule has 6 N–H and O–H groups in total. The summed E-state index contributed by atoms with van der Waals surface area (Å²) in [5.41, 5.74) is 0. The second-order valence-corrected chi connectivity index (χ2v) is 24.7. The Hall–Kier alpha value is -1.33. The molecule has 1 amide bonds. The van der Waals surface area contributed by atoms with Gasteiger partial charge in [-0.1, -0.05) is 346 Å². The van der Waals surface area contributed by atoms with Gasteiger partial charge in [-0.05, 0) is 32.1 Å². The fourth-order valence-electron chi connectivity index (χ4n) is 11.5. The van der Waals surface area contributed by atoms with Gasteiger partial charge in [0.2, 0.25) is 5.91 Å². The molecule has 0 aromatic rings. The minimum atomic E-state index is -1.57. The van der Waals surface area contributed by atoms with Crippen LogP contribution in [0, 0.1) is 0 Å². The molecule has 9 heteroatoms. The number of ether oxygens (including phenoxy) is 2. The molecular weight excluding hydrogens is 983 g/mol. The molecule has 0 aromatic carbocycles. The number of hydrogen-bond acceptors (Lipinski definition) is 8. The summed E-state index contributed by atoms with van der Waals surface area (Å²) in [5, 5.41) is 54.7. The molecule has 79 heavy (non-hydrogen) atoms. The Morgan fingerprint density at radius 2 is 0.722 bits per heavy atom. The molecule has 0 spiro atoms. The second-order valence-electron chi connectivity index (χ2n) is 24.7. The summed E-state index contributed by atoms with van der Waals surface area (Å²) in [7, 11) is 0. The quantitative estimate of drug-likeness (QED) is 0.0261. The van der Waals surface area contributed by atoms with Crippen molar-refractivity contribution >= 4 is 5.91 Å². The van der Waals surface area contributed by atoms with Crippen LogP contribution in [-0.4, -0.2) is 87.5 Å². The van der Waals surface area contributed by atoms with Gasteiger partial charge in [-0.3, -0.25) is 4.79 Å². The lowest BCUT2D eigenvalue weighted by Crippen LogP contribution is -2.60. The maximum absolute atomic E-state index is 13.1. The summed E-state index contributed by atoms with van der Waals surface area (Å²) in [6, 6.07) is -0.820. The zero-order valence-corrected chi connectivity index (χ0v) is 52.4. The summed E-state index contributed by atoms with van der Waals surface area (Å²) in [6.45, 7) is 3.83. The molecule has 1 aliphatic heterocycles. The van der Waals surface area contributed by atoms with Gasteiger partial charge in [0.1, 0.15) is 24.4 Å². The van der Waals surface area contributed by atoms with Gasteiger partial charge in [-0.2, -0.15) is 0 Å². The van der Waals surface area contributed by atoms with E-state index in [1.165, 1.54) is 302 Å². The third-order valence-corrected chi connectivity index (χ3v) is 17.0. The predicted octanol–water partition coefficient (Wildman–Crippen LogP) is 18.9. The SMILES string of the molecule is CCCCCCCCCCCCCCCCCCCCCC/C=C/CC/C=C/C(O)C(COC1OC(CO)C(O)C(O)C1O)NC(=O)CCCCCCCCCCCCCCCCCCCCCCCCCCCCCCCC. The smallest absolute Gasteiger partial charge is 0.220 e. The number of aliphatic hydroxyl groups excluding tert-OH is 5. The Labute approximate surface area is 489 Å². The Balaban J connectivity index is 2.13. The maximum Gasteiger partial charge on any atom is 0.220 e. The van der Waals surface area contributed by atoms with E-state index >= 15 is 0 Å². The second kappa shape index (κ2) is 59.8. The first-order valence-electron chi connectivity index (χ1n) is 35.1. The average molecular weight is 1120 g/mol. The summed E-state index contributed by atoms with van der Waals surface area (Å²) in [4.78, 5) is 13.1. The van der Waals surface area contributed by atoms with Gasteiger partial charge in [-0.25, -0.2) is 0 Å². The number of aliphatic hydroxyl groups is 5. The first kappa shape index (κ1) is 75.7. The molecule has 0 aliphatic carbocycles.